The summed E-state index contributed by atoms with van der Waals surface area (Å²) in [7, 11) is 0. The van der Waals surface area contributed by atoms with Gasteiger partial charge in [0.05, 0.1) is 3.79 Å². The molecule has 1 atom stereocenters. The Kier molecular flexibility index (Phi) is 3.57. The molecule has 0 spiro atoms. The first-order valence-electron chi connectivity index (χ1n) is 3.58. The van der Waals surface area contributed by atoms with Crippen molar-refractivity contribution in [1.29, 1.82) is 0 Å². The van der Waals surface area contributed by atoms with Crippen LogP contribution in [0.1, 0.15) is 16.5 Å². The summed E-state index contributed by atoms with van der Waals surface area (Å²) in [5.74, 6) is 0. The molecule has 0 amide bonds. The van der Waals surface area contributed by atoms with E-state index in [2.05, 4.69) is 15.9 Å². The zero-order chi connectivity index (χ0) is 10.9. The Bertz CT molecular complexity index is 306. The molecule has 0 aliphatic rings. The van der Waals surface area contributed by atoms with E-state index in [1.807, 2.05) is 0 Å². The van der Waals surface area contributed by atoms with E-state index in [-0.39, 0.29) is 4.88 Å². The minimum Gasteiger partial charge on any atom is -0.316 e. The van der Waals surface area contributed by atoms with E-state index in [0.29, 0.717) is 3.79 Å². The first-order chi connectivity index (χ1) is 6.36. The van der Waals surface area contributed by atoms with Crippen molar-refractivity contribution >= 4 is 27.3 Å². The van der Waals surface area contributed by atoms with Gasteiger partial charge in [-0.15, -0.1) is 11.3 Å². The highest BCUT2D eigenvalue weighted by Gasteiger charge is 2.41. The minimum absolute atomic E-state index is 0.0318. The fourth-order valence-electron chi connectivity index (χ4n) is 0.924. The maximum absolute atomic E-state index is 12.3. The van der Waals surface area contributed by atoms with Gasteiger partial charge in [-0.1, -0.05) is 0 Å². The molecule has 1 aromatic heterocycles. The molecule has 0 fully saturated rings. The normalized spacial score (nSPS) is 14.4. The lowest BCUT2D eigenvalue weighted by Gasteiger charge is -2.16. The van der Waals surface area contributed by atoms with Crippen molar-refractivity contribution in [3.8, 4) is 0 Å². The second-order valence-corrected chi connectivity index (χ2v) is 5.11. The summed E-state index contributed by atoms with van der Waals surface area (Å²) in [5, 5.41) is 8.44. The Balaban J connectivity index is 3.01. The molecule has 7 heteroatoms. The average molecular weight is 290 g/mol. The SMILES string of the molecule is Cc1cc([C@@H](NO)C(F)(F)F)sc1Br. The number of rotatable bonds is 2. The molecule has 0 saturated heterocycles. The van der Waals surface area contributed by atoms with E-state index >= 15 is 0 Å². The lowest BCUT2D eigenvalue weighted by Crippen LogP contribution is -2.31. The number of alkyl halides is 3. The summed E-state index contributed by atoms with van der Waals surface area (Å²) in [6.07, 6.45) is -4.49. The quantitative estimate of drug-likeness (QED) is 0.818. The topological polar surface area (TPSA) is 32.3 Å². The van der Waals surface area contributed by atoms with Gasteiger partial charge in [0.1, 0.15) is 0 Å². The van der Waals surface area contributed by atoms with Crippen LogP contribution in [-0.2, 0) is 0 Å². The highest BCUT2D eigenvalue weighted by Crippen LogP contribution is 2.38. The van der Waals surface area contributed by atoms with E-state index in [1.54, 1.807) is 6.92 Å². The van der Waals surface area contributed by atoms with Gasteiger partial charge in [-0.05, 0) is 34.5 Å². The Labute approximate surface area is 90.8 Å². The lowest BCUT2D eigenvalue weighted by atomic mass is 10.2. The van der Waals surface area contributed by atoms with Crippen molar-refractivity contribution < 1.29 is 18.4 Å². The van der Waals surface area contributed by atoms with Gasteiger partial charge in [-0.2, -0.15) is 18.7 Å². The van der Waals surface area contributed by atoms with E-state index in [4.69, 9.17) is 5.21 Å². The van der Waals surface area contributed by atoms with Gasteiger partial charge in [0.15, 0.2) is 6.04 Å². The van der Waals surface area contributed by atoms with Crippen LogP contribution in [0.25, 0.3) is 0 Å². The van der Waals surface area contributed by atoms with E-state index in [9.17, 15) is 13.2 Å². The number of hydrogen-bond donors (Lipinski definition) is 2. The van der Waals surface area contributed by atoms with Crippen molar-refractivity contribution in [3.05, 3.63) is 20.3 Å². The molecule has 1 rings (SSSR count). The largest absolute Gasteiger partial charge is 0.410 e. The molecule has 2 nitrogen and oxygen atoms in total. The van der Waals surface area contributed by atoms with Gasteiger partial charge >= 0.3 is 6.18 Å². The summed E-state index contributed by atoms with van der Waals surface area (Å²) >= 11 is 4.07. The summed E-state index contributed by atoms with van der Waals surface area (Å²) in [4.78, 5) is 0.0318. The van der Waals surface area contributed by atoms with Crippen LogP contribution >= 0.6 is 27.3 Å². The molecule has 0 aromatic carbocycles. The third-order valence-electron chi connectivity index (χ3n) is 1.62. The summed E-state index contributed by atoms with van der Waals surface area (Å²) in [5.41, 5.74) is 1.98. The molecule has 2 N–H and O–H groups in total. The second-order valence-electron chi connectivity index (χ2n) is 2.71. The molecule has 0 saturated carbocycles. The van der Waals surface area contributed by atoms with Crippen molar-refractivity contribution in [2.75, 3.05) is 0 Å². The maximum Gasteiger partial charge on any atom is 0.410 e. The number of nitrogens with one attached hydrogen (secondary N) is 1. The molecular formula is C7H7BrF3NOS. The summed E-state index contributed by atoms with van der Waals surface area (Å²) < 4.78 is 37.6. The summed E-state index contributed by atoms with van der Waals surface area (Å²) in [6.45, 7) is 1.69. The third-order valence-corrected chi connectivity index (χ3v) is 3.82. The Morgan fingerprint density at radius 3 is 2.43 bits per heavy atom. The zero-order valence-corrected chi connectivity index (χ0v) is 9.42. The van der Waals surface area contributed by atoms with Crippen LogP contribution < -0.4 is 5.48 Å². The smallest absolute Gasteiger partial charge is 0.316 e. The van der Waals surface area contributed by atoms with Gasteiger partial charge in [0.2, 0.25) is 0 Å². The fourth-order valence-corrected chi connectivity index (χ4v) is 2.57. The van der Waals surface area contributed by atoms with Crippen molar-refractivity contribution in [3.63, 3.8) is 0 Å². The average Bonchev–Trinajstić information content (AvgIpc) is 2.30. The highest BCUT2D eigenvalue weighted by molar-refractivity contribution is 9.11. The monoisotopic (exact) mass is 289 g/mol. The lowest BCUT2D eigenvalue weighted by molar-refractivity contribution is -0.177. The third kappa shape index (κ3) is 2.47. The van der Waals surface area contributed by atoms with Crippen molar-refractivity contribution in [1.82, 2.24) is 5.48 Å². The van der Waals surface area contributed by atoms with Crippen LogP contribution in [0.4, 0.5) is 13.2 Å². The van der Waals surface area contributed by atoms with Gasteiger partial charge in [0, 0.05) is 4.88 Å². The molecular weight excluding hydrogens is 283 g/mol. The number of hydrogen-bond acceptors (Lipinski definition) is 3. The molecule has 0 aliphatic heterocycles. The molecule has 0 unspecified atom stereocenters. The number of hydroxylamine groups is 1. The predicted octanol–water partition coefficient (Wildman–Crippen LogP) is 3.40. The fraction of sp³-hybridized carbons (Fsp3) is 0.429. The molecule has 0 bridgehead atoms. The molecule has 0 aliphatic carbocycles. The zero-order valence-electron chi connectivity index (χ0n) is 7.02. The number of halogens is 4. The van der Waals surface area contributed by atoms with Crippen molar-refractivity contribution in [2.45, 2.75) is 19.1 Å². The Morgan fingerprint density at radius 1 is 1.57 bits per heavy atom. The first kappa shape index (κ1) is 12.0. The van der Waals surface area contributed by atoms with Crippen LogP contribution in [0.15, 0.2) is 9.85 Å². The van der Waals surface area contributed by atoms with E-state index in [0.717, 1.165) is 16.9 Å². The Hall–Kier alpha value is -0.110. The number of thiophene rings is 1. The molecule has 80 valence electrons. The van der Waals surface area contributed by atoms with Crippen molar-refractivity contribution in [2.24, 2.45) is 0 Å². The van der Waals surface area contributed by atoms with Gasteiger partial charge in [-0.3, -0.25) is 0 Å². The predicted molar refractivity (Wildman–Crippen MR) is 50.5 cm³/mol. The van der Waals surface area contributed by atoms with Gasteiger partial charge in [-0.25, -0.2) is 0 Å². The van der Waals surface area contributed by atoms with E-state index in [1.165, 1.54) is 11.5 Å². The molecule has 14 heavy (non-hydrogen) atoms. The van der Waals surface area contributed by atoms with Gasteiger partial charge < -0.3 is 5.21 Å². The molecule has 1 heterocycles. The first-order valence-corrected chi connectivity index (χ1v) is 5.19. The van der Waals surface area contributed by atoms with E-state index < -0.39 is 12.2 Å². The maximum atomic E-state index is 12.3. The highest BCUT2D eigenvalue weighted by atomic mass is 79.9. The van der Waals surface area contributed by atoms with Crippen LogP contribution in [0.3, 0.4) is 0 Å². The Morgan fingerprint density at radius 2 is 2.14 bits per heavy atom. The standard InChI is InChI=1S/C7H7BrF3NOS/c1-3-2-4(14-6(3)8)5(12-13)7(9,10)11/h2,5,12-13H,1H3/t5-/m1/s1. The van der Waals surface area contributed by atoms with Crippen LogP contribution in [0, 0.1) is 6.92 Å². The minimum atomic E-state index is -4.49. The molecule has 0 radical (unpaired) electrons. The van der Waals surface area contributed by atoms with Gasteiger partial charge in [0.25, 0.3) is 0 Å². The van der Waals surface area contributed by atoms with Crippen LogP contribution in [0.5, 0.6) is 0 Å². The van der Waals surface area contributed by atoms with Crippen LogP contribution in [0.2, 0.25) is 0 Å². The second kappa shape index (κ2) is 4.18. The molecule has 1 aromatic rings. The summed E-state index contributed by atoms with van der Waals surface area (Å²) in [6, 6.07) is -0.631. The number of aryl methyl sites for hydroxylation is 1. The van der Waals surface area contributed by atoms with Crippen LogP contribution in [-0.4, -0.2) is 11.4 Å².